The van der Waals surface area contributed by atoms with Crippen LogP contribution in [0.3, 0.4) is 0 Å². The highest BCUT2D eigenvalue weighted by Crippen LogP contribution is 2.42. The fourth-order valence-corrected chi connectivity index (χ4v) is 10.4. The zero-order chi connectivity index (χ0) is 44.7. The molecule has 0 radical (unpaired) electrons. The predicted octanol–water partition coefficient (Wildman–Crippen LogP) is 8.95. The van der Waals surface area contributed by atoms with Gasteiger partial charge in [-0.15, -0.1) is 0 Å². The second kappa shape index (κ2) is 17.1. The number of rotatable bonds is 12. The Morgan fingerprint density at radius 3 is 1.23 bits per heavy atom. The van der Waals surface area contributed by atoms with Crippen molar-refractivity contribution in [3.8, 4) is 34.4 Å². The lowest BCUT2D eigenvalue weighted by atomic mass is 9.36. The molecule has 9 aromatic carbocycles. The van der Waals surface area contributed by atoms with Gasteiger partial charge in [0.2, 0.25) is 0 Å². The van der Waals surface area contributed by atoms with E-state index in [4.69, 9.17) is 18.9 Å². The Labute approximate surface area is 385 Å². The van der Waals surface area contributed by atoms with Crippen LogP contribution >= 0.6 is 0 Å². The molecule has 0 atom stereocenters. The lowest BCUT2D eigenvalue weighted by molar-refractivity contribution is 0.417. The molecule has 0 spiro atoms. The highest BCUT2D eigenvalue weighted by Gasteiger charge is 2.31. The van der Waals surface area contributed by atoms with Crippen molar-refractivity contribution >= 4 is 89.8 Å². The van der Waals surface area contributed by atoms with Crippen molar-refractivity contribution in [2.45, 2.75) is 0 Å². The van der Waals surface area contributed by atoms with Crippen molar-refractivity contribution in [3.63, 3.8) is 0 Å². The highest BCUT2D eigenvalue weighted by molar-refractivity contribution is 6.97. The van der Waals surface area contributed by atoms with Crippen LogP contribution in [0, 0.1) is 0 Å². The molecule has 0 fully saturated rings. The SMILES string of the molecule is COc1ccccc1B(c1cccc(-n2c3ccccc3c3c4c5cc(B(c6ccccc6OC)c6ccccc6OC)ccc5n(-c5ccccc5)c4ccc32)c1)c1ccccc1OC. The van der Waals surface area contributed by atoms with E-state index in [1.807, 2.05) is 48.5 Å². The average molecular weight is 857 g/mol. The van der Waals surface area contributed by atoms with E-state index < -0.39 is 0 Å². The molecule has 8 heteroatoms. The highest BCUT2D eigenvalue weighted by atomic mass is 16.5. The van der Waals surface area contributed by atoms with Gasteiger partial charge in [0.15, 0.2) is 0 Å². The van der Waals surface area contributed by atoms with Crippen LogP contribution in [0.2, 0.25) is 0 Å². The maximum atomic E-state index is 6.05. The molecule has 6 nitrogen and oxygen atoms in total. The van der Waals surface area contributed by atoms with Gasteiger partial charge in [-0.1, -0.05) is 144 Å². The van der Waals surface area contributed by atoms with Crippen LogP contribution in [0.4, 0.5) is 0 Å². The molecule has 0 bridgehead atoms. The summed E-state index contributed by atoms with van der Waals surface area (Å²) in [7, 11) is 6.97. The number of fused-ring (bicyclic) bond motifs is 7. The minimum absolute atomic E-state index is 0.168. The van der Waals surface area contributed by atoms with E-state index in [2.05, 4.69) is 167 Å². The maximum absolute atomic E-state index is 6.05. The molecular weight excluding hydrogens is 810 g/mol. The van der Waals surface area contributed by atoms with Crippen LogP contribution in [-0.4, -0.2) is 51.0 Å². The molecule has 0 saturated carbocycles. The lowest BCUT2D eigenvalue weighted by Gasteiger charge is -2.21. The van der Waals surface area contributed by atoms with Crippen molar-refractivity contribution in [2.24, 2.45) is 0 Å². The van der Waals surface area contributed by atoms with Gasteiger partial charge in [-0.05, 0) is 94.6 Å². The third-order valence-electron chi connectivity index (χ3n) is 13.2. The van der Waals surface area contributed by atoms with E-state index in [0.29, 0.717) is 0 Å². The Morgan fingerprint density at radius 1 is 0.303 bits per heavy atom. The zero-order valence-corrected chi connectivity index (χ0v) is 37.3. The number of hydrogen-bond acceptors (Lipinski definition) is 4. The number of ether oxygens (including phenoxy) is 4. The molecule has 0 aliphatic heterocycles. The number of nitrogens with zero attached hydrogens (tertiary/aromatic N) is 2. The van der Waals surface area contributed by atoms with Crippen molar-refractivity contribution in [3.05, 3.63) is 206 Å². The molecule has 318 valence electrons. The van der Waals surface area contributed by atoms with Crippen molar-refractivity contribution in [1.29, 1.82) is 0 Å². The van der Waals surface area contributed by atoms with E-state index in [1.165, 1.54) is 16.2 Å². The van der Waals surface area contributed by atoms with Gasteiger partial charge in [0.05, 0.1) is 50.5 Å². The third-order valence-corrected chi connectivity index (χ3v) is 13.2. The molecule has 0 aliphatic carbocycles. The van der Waals surface area contributed by atoms with Crippen LogP contribution in [0.1, 0.15) is 0 Å². The summed E-state index contributed by atoms with van der Waals surface area (Å²) < 4.78 is 28.9. The molecular formula is C58H46B2N2O4. The van der Waals surface area contributed by atoms with Crippen LogP contribution in [0.15, 0.2) is 206 Å². The van der Waals surface area contributed by atoms with Gasteiger partial charge < -0.3 is 28.1 Å². The minimum Gasteiger partial charge on any atom is -0.497 e. The smallest absolute Gasteiger partial charge is 0.250 e. The van der Waals surface area contributed by atoms with Crippen LogP contribution in [-0.2, 0) is 0 Å². The largest absolute Gasteiger partial charge is 0.497 e. The molecule has 2 heterocycles. The fourth-order valence-electron chi connectivity index (χ4n) is 10.4. The number of benzene rings is 9. The maximum Gasteiger partial charge on any atom is 0.250 e. The van der Waals surface area contributed by atoms with Gasteiger partial charge in [-0.2, -0.15) is 0 Å². The minimum atomic E-state index is -0.181. The summed E-state index contributed by atoms with van der Waals surface area (Å²) in [4.78, 5) is 0. The quantitative estimate of drug-likeness (QED) is 0.115. The first kappa shape index (κ1) is 40.7. The van der Waals surface area contributed by atoms with E-state index in [0.717, 1.165) is 94.6 Å². The van der Waals surface area contributed by atoms with E-state index in [1.54, 1.807) is 28.4 Å². The molecule has 0 aliphatic rings. The Hall–Kier alpha value is -8.09. The topological polar surface area (TPSA) is 46.8 Å². The molecule has 0 amide bonds. The fraction of sp³-hybridized carbons (Fsp3) is 0.0690. The summed E-state index contributed by atoms with van der Waals surface area (Å²) in [6, 6.07) is 73.2. The van der Waals surface area contributed by atoms with Crippen molar-refractivity contribution < 1.29 is 18.9 Å². The van der Waals surface area contributed by atoms with Crippen molar-refractivity contribution in [2.75, 3.05) is 28.4 Å². The summed E-state index contributed by atoms with van der Waals surface area (Å²) in [6.45, 7) is -0.349. The average Bonchev–Trinajstić information content (AvgIpc) is 3.90. The molecule has 66 heavy (non-hydrogen) atoms. The second-order valence-corrected chi connectivity index (χ2v) is 16.6. The Morgan fingerprint density at radius 2 is 0.697 bits per heavy atom. The first-order valence-corrected chi connectivity index (χ1v) is 22.3. The van der Waals surface area contributed by atoms with Crippen LogP contribution in [0.25, 0.3) is 55.0 Å². The van der Waals surface area contributed by atoms with Crippen LogP contribution < -0.4 is 51.7 Å². The summed E-state index contributed by atoms with van der Waals surface area (Å²) >= 11 is 0. The van der Waals surface area contributed by atoms with Gasteiger partial charge in [0.1, 0.15) is 23.0 Å². The summed E-state index contributed by atoms with van der Waals surface area (Å²) in [5, 5.41) is 4.73. The van der Waals surface area contributed by atoms with Gasteiger partial charge in [0, 0.05) is 32.9 Å². The molecule has 11 aromatic rings. The van der Waals surface area contributed by atoms with E-state index >= 15 is 0 Å². The Bertz CT molecular complexity index is 3490. The summed E-state index contributed by atoms with van der Waals surface area (Å²) in [5.74, 6) is 3.30. The Kier molecular flexibility index (Phi) is 10.6. The second-order valence-electron chi connectivity index (χ2n) is 16.6. The summed E-state index contributed by atoms with van der Waals surface area (Å²) in [5.41, 5.74) is 13.2. The van der Waals surface area contributed by atoms with E-state index in [9.17, 15) is 0 Å². The van der Waals surface area contributed by atoms with Gasteiger partial charge in [-0.25, -0.2) is 0 Å². The molecule has 11 rings (SSSR count). The molecule has 0 unspecified atom stereocenters. The van der Waals surface area contributed by atoms with E-state index in [-0.39, 0.29) is 13.4 Å². The molecule has 2 aromatic heterocycles. The first-order chi connectivity index (χ1) is 32.6. The normalized spacial score (nSPS) is 11.3. The Balaban J connectivity index is 1.20. The number of aromatic nitrogens is 2. The lowest BCUT2D eigenvalue weighted by Crippen LogP contribution is -2.52. The number of hydrogen-bond donors (Lipinski definition) is 0. The monoisotopic (exact) mass is 856 g/mol. The number of para-hydroxylation sites is 6. The predicted molar refractivity (Wildman–Crippen MR) is 276 cm³/mol. The van der Waals surface area contributed by atoms with Crippen molar-refractivity contribution in [1.82, 2.24) is 9.13 Å². The number of methoxy groups -OCH3 is 4. The first-order valence-electron chi connectivity index (χ1n) is 22.3. The zero-order valence-electron chi connectivity index (χ0n) is 37.3. The third kappa shape index (κ3) is 6.68. The standard InChI is InChI=1S/C58H46B2N2O4/c1-63-53-29-14-9-24-45(53)59(46-25-10-15-30-54(46)64-2)39-19-18-22-42(37-39)62-49-28-13-8-23-43(49)57-51(62)35-36-52-58(57)44-38-40(33-34-50(44)61(52)41-20-6-5-7-21-41)60(47-26-11-16-31-55(47)65-3)48-27-12-17-32-56(48)66-4/h5-38H,1-4H3. The molecule has 0 N–H and O–H groups in total. The molecule has 0 saturated heterocycles. The summed E-state index contributed by atoms with van der Waals surface area (Å²) in [6.07, 6.45) is 0. The van der Waals surface area contributed by atoms with Crippen LogP contribution in [0.5, 0.6) is 23.0 Å². The van der Waals surface area contributed by atoms with Gasteiger partial charge in [-0.3, -0.25) is 0 Å². The van der Waals surface area contributed by atoms with Gasteiger partial charge in [0.25, 0.3) is 13.4 Å². The van der Waals surface area contributed by atoms with Gasteiger partial charge >= 0.3 is 0 Å².